The Morgan fingerprint density at radius 2 is 1.40 bits per heavy atom. The second-order valence-corrected chi connectivity index (χ2v) is 5.47. The quantitative estimate of drug-likeness (QED) is 0.512. The fourth-order valence-corrected chi connectivity index (χ4v) is 1.76. The largest absolute Gasteiger partial charge is 0.392 e. The molecule has 0 aliphatic carbocycles. The van der Waals surface area contributed by atoms with Gasteiger partial charge in [-0.05, 0) is 30.6 Å². The van der Waals surface area contributed by atoms with Gasteiger partial charge in [-0.3, -0.25) is 0 Å². The van der Waals surface area contributed by atoms with Crippen molar-refractivity contribution in [2.24, 2.45) is 17.8 Å². The molecule has 112 valence electrons. The van der Waals surface area contributed by atoms with E-state index in [1.807, 2.05) is 19.1 Å². The Labute approximate surface area is 126 Å². The summed E-state index contributed by atoms with van der Waals surface area (Å²) in [6, 6.07) is 0. The third-order valence-electron chi connectivity index (χ3n) is 3.04. The molecule has 0 aromatic heterocycles. The van der Waals surface area contributed by atoms with Gasteiger partial charge in [-0.1, -0.05) is 32.9 Å². The molecule has 0 aliphatic rings. The van der Waals surface area contributed by atoms with Crippen LogP contribution in [-0.2, 0) is 0 Å². The Kier molecular flexibility index (Phi) is 14.6. The lowest BCUT2D eigenvalue weighted by Gasteiger charge is -2.10. The molecule has 0 aromatic carbocycles. The van der Waals surface area contributed by atoms with E-state index in [9.17, 15) is 0 Å². The van der Waals surface area contributed by atoms with Gasteiger partial charge >= 0.3 is 0 Å². The molecule has 1 nitrogen and oxygen atoms in total. The monoisotopic (exact) mass is 274 g/mol. The highest BCUT2D eigenvalue weighted by Gasteiger charge is 2.05. The van der Waals surface area contributed by atoms with Crippen LogP contribution in [0.3, 0.4) is 0 Å². The van der Waals surface area contributed by atoms with Crippen LogP contribution >= 0.6 is 0 Å². The number of hydrogen-bond donors (Lipinski definition) is 1. The van der Waals surface area contributed by atoms with Crippen LogP contribution < -0.4 is 0 Å². The zero-order valence-electron chi connectivity index (χ0n) is 13.3. The van der Waals surface area contributed by atoms with Crippen molar-refractivity contribution in [3.8, 4) is 24.7 Å². The third-order valence-corrected chi connectivity index (χ3v) is 3.04. The molecule has 0 aliphatic heterocycles. The Morgan fingerprint density at radius 1 is 0.950 bits per heavy atom. The van der Waals surface area contributed by atoms with Gasteiger partial charge in [-0.25, -0.2) is 0 Å². The van der Waals surface area contributed by atoms with Crippen molar-refractivity contribution in [1.82, 2.24) is 0 Å². The zero-order valence-corrected chi connectivity index (χ0v) is 13.3. The van der Waals surface area contributed by atoms with Crippen molar-refractivity contribution in [3.05, 3.63) is 25.3 Å². The van der Waals surface area contributed by atoms with Crippen LogP contribution in [-0.4, -0.2) is 11.2 Å². The second-order valence-electron chi connectivity index (χ2n) is 5.47. The minimum atomic E-state index is -0.363. The van der Waals surface area contributed by atoms with Gasteiger partial charge in [0.2, 0.25) is 0 Å². The van der Waals surface area contributed by atoms with Gasteiger partial charge in [0, 0.05) is 12.8 Å². The lowest BCUT2D eigenvalue weighted by atomic mass is 9.95. The smallest absolute Gasteiger partial charge is 0.0654 e. The van der Waals surface area contributed by atoms with Crippen LogP contribution in [0.25, 0.3) is 0 Å². The predicted octanol–water partition coefficient (Wildman–Crippen LogP) is 4.44. The van der Waals surface area contributed by atoms with E-state index in [0.717, 1.165) is 12.8 Å². The summed E-state index contributed by atoms with van der Waals surface area (Å²) in [5.74, 6) is 6.66. The molecule has 1 heteroatoms. The predicted molar refractivity (Wildman–Crippen MR) is 90.0 cm³/mol. The van der Waals surface area contributed by atoms with Gasteiger partial charge < -0.3 is 5.11 Å². The summed E-state index contributed by atoms with van der Waals surface area (Å²) in [5, 5.41) is 9.16. The number of hydrogen-bond acceptors (Lipinski definition) is 1. The van der Waals surface area contributed by atoms with Crippen LogP contribution in [0.2, 0.25) is 0 Å². The standard InChI is InChI=1S/C10H16.C9H14O/c1-5-7-10(4)8-9(3)6-2;1-4-6-9(10)7-8(3)5-2/h1,6,9-10H,2,7-8H2,3-4H3;1,5,8-10H,2,6-7H2,3H3/t9-,10-;8-,9-/m11/s1. The Bertz CT molecular complexity index is 295. The zero-order chi connectivity index (χ0) is 16.0. The maximum absolute atomic E-state index is 9.16. The minimum absolute atomic E-state index is 0.350. The van der Waals surface area contributed by atoms with Crippen molar-refractivity contribution in [3.63, 3.8) is 0 Å². The summed E-state index contributed by atoms with van der Waals surface area (Å²) in [5.41, 5.74) is 0. The molecule has 0 saturated heterocycles. The first kappa shape index (κ1) is 20.9. The van der Waals surface area contributed by atoms with Gasteiger partial charge in [0.1, 0.15) is 0 Å². The van der Waals surface area contributed by atoms with E-state index < -0.39 is 0 Å². The molecular formula is C19H30O. The Hall–Kier alpha value is -1.44. The molecule has 0 amide bonds. The van der Waals surface area contributed by atoms with E-state index >= 15 is 0 Å². The molecule has 0 radical (unpaired) electrons. The van der Waals surface area contributed by atoms with E-state index in [2.05, 4.69) is 38.8 Å². The first-order valence-electron chi connectivity index (χ1n) is 7.21. The van der Waals surface area contributed by atoms with Crippen LogP contribution in [0.15, 0.2) is 25.3 Å². The second kappa shape index (κ2) is 14.0. The highest BCUT2D eigenvalue weighted by molar-refractivity contribution is 4.89. The van der Waals surface area contributed by atoms with E-state index in [1.54, 1.807) is 0 Å². The van der Waals surface area contributed by atoms with Crippen LogP contribution in [0.1, 0.15) is 46.5 Å². The van der Waals surface area contributed by atoms with Crippen molar-refractivity contribution in [2.75, 3.05) is 0 Å². The number of aliphatic hydroxyl groups excluding tert-OH is 1. The fourth-order valence-electron chi connectivity index (χ4n) is 1.76. The van der Waals surface area contributed by atoms with Crippen LogP contribution in [0.4, 0.5) is 0 Å². The molecule has 0 rings (SSSR count). The summed E-state index contributed by atoms with van der Waals surface area (Å²) in [6.07, 6.45) is 16.8. The van der Waals surface area contributed by atoms with E-state index in [1.165, 1.54) is 0 Å². The maximum atomic E-state index is 9.16. The van der Waals surface area contributed by atoms with Crippen LogP contribution in [0, 0.1) is 42.4 Å². The normalized spacial score (nSPS) is 15.3. The first-order chi connectivity index (χ1) is 9.40. The molecule has 0 bridgehead atoms. The lowest BCUT2D eigenvalue weighted by Crippen LogP contribution is -2.08. The van der Waals surface area contributed by atoms with Crippen molar-refractivity contribution >= 4 is 0 Å². The highest BCUT2D eigenvalue weighted by atomic mass is 16.3. The Balaban J connectivity index is 0. The highest BCUT2D eigenvalue weighted by Crippen LogP contribution is 2.14. The molecule has 0 unspecified atom stereocenters. The average Bonchev–Trinajstić information content (AvgIpc) is 2.39. The van der Waals surface area contributed by atoms with Gasteiger partial charge in [-0.15, -0.1) is 37.8 Å². The average molecular weight is 274 g/mol. The van der Waals surface area contributed by atoms with Crippen LogP contribution in [0.5, 0.6) is 0 Å². The molecule has 0 spiro atoms. The summed E-state index contributed by atoms with van der Waals surface area (Å²) >= 11 is 0. The molecule has 0 saturated carbocycles. The number of terminal acetylenes is 2. The summed E-state index contributed by atoms with van der Waals surface area (Å²) in [7, 11) is 0. The van der Waals surface area contributed by atoms with E-state index in [4.69, 9.17) is 18.0 Å². The topological polar surface area (TPSA) is 20.2 Å². The number of aliphatic hydroxyl groups is 1. The molecule has 1 N–H and O–H groups in total. The van der Waals surface area contributed by atoms with E-state index in [-0.39, 0.29) is 6.10 Å². The van der Waals surface area contributed by atoms with Gasteiger partial charge in [0.05, 0.1) is 6.10 Å². The molecule has 4 atom stereocenters. The van der Waals surface area contributed by atoms with Crippen molar-refractivity contribution in [2.45, 2.75) is 52.6 Å². The molecule has 0 heterocycles. The maximum Gasteiger partial charge on any atom is 0.0654 e. The SMILES string of the molecule is C#CC[C@@H](C)C[C@H](C)C=C.C#CC[C@@H](O)C[C@H](C)C=C. The van der Waals surface area contributed by atoms with Gasteiger partial charge in [0.15, 0.2) is 0 Å². The van der Waals surface area contributed by atoms with Crippen molar-refractivity contribution in [1.29, 1.82) is 0 Å². The Morgan fingerprint density at radius 3 is 1.80 bits per heavy atom. The van der Waals surface area contributed by atoms with Gasteiger partial charge in [-0.2, -0.15) is 0 Å². The van der Waals surface area contributed by atoms with Crippen molar-refractivity contribution < 1.29 is 5.11 Å². The summed E-state index contributed by atoms with van der Waals surface area (Å²) in [4.78, 5) is 0. The molecule has 0 fully saturated rings. The summed E-state index contributed by atoms with van der Waals surface area (Å²) < 4.78 is 0. The number of allylic oxidation sites excluding steroid dienone is 2. The third kappa shape index (κ3) is 14.6. The molecule has 0 aromatic rings. The minimum Gasteiger partial charge on any atom is -0.392 e. The molecular weight excluding hydrogens is 244 g/mol. The van der Waals surface area contributed by atoms with E-state index in [0.29, 0.717) is 30.6 Å². The lowest BCUT2D eigenvalue weighted by molar-refractivity contribution is 0.158. The first-order valence-corrected chi connectivity index (χ1v) is 7.21. The molecule has 20 heavy (non-hydrogen) atoms. The number of rotatable bonds is 8. The summed E-state index contributed by atoms with van der Waals surface area (Å²) in [6.45, 7) is 13.7. The van der Waals surface area contributed by atoms with Gasteiger partial charge in [0.25, 0.3) is 0 Å². The fraction of sp³-hybridized carbons (Fsp3) is 0.579.